The smallest absolute Gasteiger partial charge is 0.268 e. The average molecular weight is 341 g/mol. The van der Waals surface area contributed by atoms with E-state index in [1.54, 1.807) is 31.2 Å². The highest BCUT2D eigenvalue weighted by molar-refractivity contribution is 7.92. The molecule has 0 fully saturated rings. The Labute approximate surface area is 133 Å². The summed E-state index contributed by atoms with van der Waals surface area (Å²) in [6.07, 6.45) is 0. The van der Waals surface area contributed by atoms with Crippen LogP contribution in [0.4, 0.5) is 11.4 Å². The Morgan fingerprint density at radius 2 is 1.82 bits per heavy atom. The summed E-state index contributed by atoms with van der Waals surface area (Å²) in [4.78, 5) is 10.2. The first-order chi connectivity index (χ1) is 10.2. The average Bonchev–Trinajstić information content (AvgIpc) is 2.47. The largest absolute Gasteiger partial charge is 0.273 e. The fraction of sp³-hybridized carbons (Fsp3) is 0.143. The second-order valence-corrected chi connectivity index (χ2v) is 7.01. The number of para-hydroxylation sites is 1. The molecular formula is C14H13ClN2O4S. The van der Waals surface area contributed by atoms with Crippen LogP contribution in [-0.2, 0) is 10.0 Å². The first-order valence-electron chi connectivity index (χ1n) is 6.23. The summed E-state index contributed by atoms with van der Waals surface area (Å²) in [5.41, 5.74) is 0.449. The predicted octanol–water partition coefficient (Wildman–Crippen LogP) is 3.38. The maximum absolute atomic E-state index is 12.6. The molecule has 0 amide bonds. The molecule has 6 nitrogen and oxygen atoms in total. The zero-order chi connectivity index (χ0) is 16.5. The highest BCUT2D eigenvalue weighted by atomic mass is 35.5. The normalized spacial score (nSPS) is 11.2. The molecule has 0 heterocycles. The van der Waals surface area contributed by atoms with Crippen molar-refractivity contribution >= 4 is 33.0 Å². The Balaban J connectivity index is 2.54. The zero-order valence-corrected chi connectivity index (χ0v) is 13.4. The second kappa shape index (κ2) is 5.94. The van der Waals surface area contributed by atoms with Crippen molar-refractivity contribution < 1.29 is 13.3 Å². The summed E-state index contributed by atoms with van der Waals surface area (Å²) in [6, 6.07) is 10.3. The molecule has 0 radical (unpaired) electrons. The van der Waals surface area contributed by atoms with Gasteiger partial charge in [-0.05, 0) is 25.1 Å². The lowest BCUT2D eigenvalue weighted by Crippen LogP contribution is -2.26. The summed E-state index contributed by atoms with van der Waals surface area (Å²) >= 11 is 6.01. The van der Waals surface area contributed by atoms with Crippen LogP contribution >= 0.6 is 11.6 Å². The van der Waals surface area contributed by atoms with Gasteiger partial charge in [-0.15, -0.1) is 0 Å². The molecular weight excluding hydrogens is 328 g/mol. The van der Waals surface area contributed by atoms with Gasteiger partial charge in [0.05, 0.1) is 20.5 Å². The SMILES string of the molecule is Cc1ccc(S(=O)(=O)N(C)c2ccccc2Cl)cc1[N+](=O)[O-]. The molecule has 2 rings (SSSR count). The van der Waals surface area contributed by atoms with Gasteiger partial charge in [-0.2, -0.15) is 0 Å². The van der Waals surface area contributed by atoms with Crippen LogP contribution in [-0.4, -0.2) is 20.4 Å². The molecule has 0 spiro atoms. The fourth-order valence-electron chi connectivity index (χ4n) is 1.94. The maximum Gasteiger partial charge on any atom is 0.273 e. The lowest BCUT2D eigenvalue weighted by Gasteiger charge is -2.20. The van der Waals surface area contributed by atoms with Crippen molar-refractivity contribution in [1.82, 2.24) is 0 Å². The van der Waals surface area contributed by atoms with Crippen LogP contribution in [0.3, 0.4) is 0 Å². The molecule has 0 unspecified atom stereocenters. The van der Waals surface area contributed by atoms with Crippen molar-refractivity contribution in [2.45, 2.75) is 11.8 Å². The van der Waals surface area contributed by atoms with E-state index < -0.39 is 14.9 Å². The summed E-state index contributed by atoms with van der Waals surface area (Å²) in [7, 11) is -2.59. The fourth-order valence-corrected chi connectivity index (χ4v) is 3.49. The Kier molecular flexibility index (Phi) is 4.39. The Morgan fingerprint density at radius 3 is 2.41 bits per heavy atom. The Hall–Kier alpha value is -2.12. The van der Waals surface area contributed by atoms with Gasteiger partial charge in [-0.3, -0.25) is 14.4 Å². The molecule has 116 valence electrons. The summed E-state index contributed by atoms with van der Waals surface area (Å²) in [5.74, 6) is 0. The van der Waals surface area contributed by atoms with E-state index in [2.05, 4.69) is 0 Å². The minimum atomic E-state index is -3.94. The molecule has 8 heteroatoms. The number of nitrogens with zero attached hydrogens (tertiary/aromatic N) is 2. The minimum absolute atomic E-state index is 0.160. The van der Waals surface area contributed by atoms with Gasteiger partial charge in [0, 0.05) is 18.7 Å². The quantitative estimate of drug-likeness (QED) is 0.631. The van der Waals surface area contributed by atoms with E-state index in [0.717, 1.165) is 10.4 Å². The number of anilines is 1. The third-order valence-electron chi connectivity index (χ3n) is 3.23. The zero-order valence-electron chi connectivity index (χ0n) is 11.9. The molecule has 0 saturated carbocycles. The number of benzene rings is 2. The van der Waals surface area contributed by atoms with Gasteiger partial charge in [0.1, 0.15) is 0 Å². The van der Waals surface area contributed by atoms with Crippen LogP contribution in [0.15, 0.2) is 47.4 Å². The summed E-state index contributed by atoms with van der Waals surface area (Å²) < 4.78 is 26.2. The Bertz CT molecular complexity index is 836. The van der Waals surface area contributed by atoms with E-state index in [4.69, 9.17) is 11.6 Å². The number of nitro benzene ring substituents is 1. The molecule has 22 heavy (non-hydrogen) atoms. The van der Waals surface area contributed by atoms with Crippen molar-refractivity contribution in [3.63, 3.8) is 0 Å². The topological polar surface area (TPSA) is 80.5 Å². The highest BCUT2D eigenvalue weighted by Crippen LogP contribution is 2.30. The van der Waals surface area contributed by atoms with Gasteiger partial charge in [0.2, 0.25) is 0 Å². The van der Waals surface area contributed by atoms with Crippen LogP contribution in [0, 0.1) is 17.0 Å². The standard InChI is InChI=1S/C14H13ClN2O4S/c1-10-7-8-11(9-14(10)17(18)19)22(20,21)16(2)13-6-4-3-5-12(13)15/h3-9H,1-2H3. The van der Waals surface area contributed by atoms with Crippen molar-refractivity contribution in [3.05, 3.63) is 63.2 Å². The molecule has 0 atom stereocenters. The molecule has 0 bridgehead atoms. The van der Waals surface area contributed by atoms with Crippen LogP contribution in [0.5, 0.6) is 0 Å². The lowest BCUT2D eigenvalue weighted by molar-refractivity contribution is -0.385. The number of sulfonamides is 1. The molecule has 2 aromatic rings. The first-order valence-corrected chi connectivity index (χ1v) is 8.05. The van der Waals surface area contributed by atoms with Gasteiger partial charge in [0.15, 0.2) is 0 Å². The number of nitro groups is 1. The van der Waals surface area contributed by atoms with E-state index in [1.165, 1.54) is 19.2 Å². The van der Waals surface area contributed by atoms with Crippen LogP contribution in [0.2, 0.25) is 5.02 Å². The van der Waals surface area contributed by atoms with Crippen LogP contribution in [0.1, 0.15) is 5.56 Å². The monoisotopic (exact) mass is 340 g/mol. The molecule has 0 aliphatic heterocycles. The van der Waals surface area contributed by atoms with E-state index in [0.29, 0.717) is 11.3 Å². The van der Waals surface area contributed by atoms with Crippen LogP contribution < -0.4 is 4.31 Å². The minimum Gasteiger partial charge on any atom is -0.268 e. The summed E-state index contributed by atoms with van der Waals surface area (Å²) in [6.45, 7) is 1.55. The third-order valence-corrected chi connectivity index (χ3v) is 5.31. The van der Waals surface area contributed by atoms with Crippen molar-refractivity contribution in [2.75, 3.05) is 11.4 Å². The van der Waals surface area contributed by atoms with Gasteiger partial charge in [-0.1, -0.05) is 29.8 Å². The molecule has 0 aliphatic carbocycles. The number of hydrogen-bond donors (Lipinski definition) is 0. The van der Waals surface area contributed by atoms with Gasteiger partial charge in [-0.25, -0.2) is 8.42 Å². The lowest BCUT2D eigenvalue weighted by atomic mass is 10.2. The Morgan fingerprint density at radius 1 is 1.18 bits per heavy atom. The van der Waals surface area contributed by atoms with Crippen molar-refractivity contribution in [1.29, 1.82) is 0 Å². The maximum atomic E-state index is 12.6. The molecule has 0 saturated heterocycles. The van der Waals surface area contributed by atoms with Crippen LogP contribution in [0.25, 0.3) is 0 Å². The van der Waals surface area contributed by atoms with Crippen molar-refractivity contribution in [3.8, 4) is 0 Å². The number of halogens is 1. The second-order valence-electron chi connectivity index (χ2n) is 4.63. The molecule has 2 aromatic carbocycles. The van der Waals surface area contributed by atoms with E-state index in [1.807, 2.05) is 0 Å². The van der Waals surface area contributed by atoms with E-state index >= 15 is 0 Å². The van der Waals surface area contributed by atoms with Gasteiger partial charge < -0.3 is 0 Å². The number of rotatable bonds is 4. The molecule has 0 aliphatic rings. The van der Waals surface area contributed by atoms with E-state index in [9.17, 15) is 18.5 Å². The first kappa shape index (κ1) is 16.3. The van der Waals surface area contributed by atoms with E-state index in [-0.39, 0.29) is 15.6 Å². The van der Waals surface area contributed by atoms with Gasteiger partial charge >= 0.3 is 0 Å². The number of hydrogen-bond acceptors (Lipinski definition) is 4. The molecule has 0 aromatic heterocycles. The summed E-state index contributed by atoms with van der Waals surface area (Å²) in [5, 5.41) is 11.2. The van der Waals surface area contributed by atoms with Gasteiger partial charge in [0.25, 0.3) is 15.7 Å². The van der Waals surface area contributed by atoms with Crippen molar-refractivity contribution in [2.24, 2.45) is 0 Å². The third kappa shape index (κ3) is 2.90. The molecule has 0 N–H and O–H groups in total. The predicted molar refractivity (Wildman–Crippen MR) is 84.9 cm³/mol. The highest BCUT2D eigenvalue weighted by Gasteiger charge is 2.25. The number of aryl methyl sites for hydroxylation is 1.